The first-order chi connectivity index (χ1) is 9.81. The molecule has 1 N–H and O–H groups in total. The minimum atomic E-state index is 0.534. The number of anilines is 1. The van der Waals surface area contributed by atoms with Gasteiger partial charge in [-0.2, -0.15) is 0 Å². The number of nitrogens with one attached hydrogen (secondary N) is 1. The topological polar surface area (TPSA) is 34.2 Å². The summed E-state index contributed by atoms with van der Waals surface area (Å²) in [4.78, 5) is 4.26. The van der Waals surface area contributed by atoms with E-state index in [0.717, 1.165) is 5.69 Å². The molecule has 114 valence electrons. The van der Waals surface area contributed by atoms with E-state index in [9.17, 15) is 0 Å². The van der Waals surface area contributed by atoms with Crippen LogP contribution in [0.15, 0.2) is 18.3 Å². The number of rotatable bonds is 11. The average molecular weight is 278 g/mol. The van der Waals surface area contributed by atoms with Crippen LogP contribution < -0.4 is 10.1 Å². The van der Waals surface area contributed by atoms with E-state index in [1.807, 2.05) is 6.07 Å². The van der Waals surface area contributed by atoms with Gasteiger partial charge in [0.1, 0.15) is 0 Å². The van der Waals surface area contributed by atoms with Crippen LogP contribution in [0, 0.1) is 0 Å². The van der Waals surface area contributed by atoms with Crippen molar-refractivity contribution in [3.05, 3.63) is 18.3 Å². The van der Waals surface area contributed by atoms with E-state index in [0.29, 0.717) is 11.9 Å². The number of aromatic nitrogens is 1. The van der Waals surface area contributed by atoms with Crippen LogP contribution in [-0.4, -0.2) is 18.1 Å². The summed E-state index contributed by atoms with van der Waals surface area (Å²) in [5.41, 5.74) is 1.02. The molecule has 0 saturated heterocycles. The fraction of sp³-hybridized carbons (Fsp3) is 0.706. The number of methoxy groups -OCH3 is 1. The second-order valence-corrected chi connectivity index (χ2v) is 5.39. The van der Waals surface area contributed by atoms with E-state index in [1.54, 1.807) is 13.3 Å². The van der Waals surface area contributed by atoms with Crippen LogP contribution in [0.3, 0.4) is 0 Å². The number of ether oxygens (including phenoxy) is 1. The Morgan fingerprint density at radius 3 is 2.30 bits per heavy atom. The van der Waals surface area contributed by atoms with E-state index in [4.69, 9.17) is 4.74 Å². The normalized spacial score (nSPS) is 10.8. The third-order valence-corrected chi connectivity index (χ3v) is 3.64. The molecular formula is C17H30N2O. The molecule has 1 aromatic heterocycles. The van der Waals surface area contributed by atoms with Gasteiger partial charge in [-0.05, 0) is 25.0 Å². The Morgan fingerprint density at radius 2 is 1.75 bits per heavy atom. The molecule has 0 amide bonds. The zero-order valence-electron chi connectivity index (χ0n) is 13.3. The van der Waals surface area contributed by atoms with Crippen molar-refractivity contribution in [2.45, 2.75) is 71.3 Å². The minimum absolute atomic E-state index is 0.534. The Hall–Kier alpha value is -1.25. The molecule has 1 rings (SSSR count). The third-order valence-electron chi connectivity index (χ3n) is 3.64. The summed E-state index contributed by atoms with van der Waals surface area (Å²) in [6.07, 6.45) is 12.0. The minimum Gasteiger partial charge on any atom is -0.480 e. The van der Waals surface area contributed by atoms with Crippen molar-refractivity contribution in [1.29, 1.82) is 0 Å². The van der Waals surface area contributed by atoms with Crippen LogP contribution in [-0.2, 0) is 0 Å². The predicted molar refractivity (Wildman–Crippen MR) is 86.5 cm³/mol. The highest BCUT2D eigenvalue weighted by molar-refractivity contribution is 5.52. The van der Waals surface area contributed by atoms with Gasteiger partial charge in [0.25, 0.3) is 0 Å². The zero-order chi connectivity index (χ0) is 14.6. The van der Waals surface area contributed by atoms with Crippen LogP contribution in [0.25, 0.3) is 0 Å². The van der Waals surface area contributed by atoms with Crippen LogP contribution in [0.2, 0.25) is 0 Å². The quantitative estimate of drug-likeness (QED) is 0.576. The van der Waals surface area contributed by atoms with E-state index >= 15 is 0 Å². The fourth-order valence-electron chi connectivity index (χ4n) is 2.45. The number of nitrogens with zero attached hydrogens (tertiary/aromatic N) is 1. The molecule has 0 spiro atoms. The summed E-state index contributed by atoms with van der Waals surface area (Å²) in [6.45, 7) is 4.51. The van der Waals surface area contributed by atoms with Gasteiger partial charge in [-0.3, -0.25) is 0 Å². The molecule has 20 heavy (non-hydrogen) atoms. The lowest BCUT2D eigenvalue weighted by Gasteiger charge is -2.21. The van der Waals surface area contributed by atoms with Gasteiger partial charge < -0.3 is 10.1 Å². The number of pyridine rings is 1. The maximum atomic E-state index is 5.32. The van der Waals surface area contributed by atoms with Crippen LogP contribution >= 0.6 is 0 Å². The van der Waals surface area contributed by atoms with Crippen molar-refractivity contribution in [3.63, 3.8) is 0 Å². The van der Waals surface area contributed by atoms with Gasteiger partial charge in [0.15, 0.2) is 0 Å². The number of hydrogen-bond acceptors (Lipinski definition) is 3. The lowest BCUT2D eigenvalue weighted by atomic mass is 10.0. The summed E-state index contributed by atoms with van der Waals surface area (Å²) >= 11 is 0. The molecule has 0 fully saturated rings. The van der Waals surface area contributed by atoms with Gasteiger partial charge >= 0.3 is 0 Å². The van der Waals surface area contributed by atoms with Gasteiger partial charge in [-0.15, -0.1) is 0 Å². The number of unbranched alkanes of at least 4 members (excludes halogenated alkanes) is 4. The molecule has 0 atom stereocenters. The molecule has 0 bridgehead atoms. The highest BCUT2D eigenvalue weighted by Gasteiger charge is 2.11. The SMILES string of the molecule is CCCCCC(CCCCC)Nc1cccnc1OC. The average Bonchev–Trinajstić information content (AvgIpc) is 2.48. The zero-order valence-corrected chi connectivity index (χ0v) is 13.3. The summed E-state index contributed by atoms with van der Waals surface area (Å²) in [5, 5.41) is 3.63. The second-order valence-electron chi connectivity index (χ2n) is 5.39. The molecule has 1 aromatic rings. The number of hydrogen-bond donors (Lipinski definition) is 1. The Labute approximate surface area is 124 Å². The predicted octanol–water partition coefficient (Wildman–Crippen LogP) is 5.03. The van der Waals surface area contributed by atoms with Crippen LogP contribution in [0.1, 0.15) is 65.2 Å². The molecule has 0 unspecified atom stereocenters. The van der Waals surface area contributed by atoms with Crippen LogP contribution in [0.4, 0.5) is 5.69 Å². The van der Waals surface area contributed by atoms with Crippen molar-refractivity contribution in [3.8, 4) is 5.88 Å². The Morgan fingerprint density at radius 1 is 1.10 bits per heavy atom. The maximum Gasteiger partial charge on any atom is 0.237 e. The van der Waals surface area contributed by atoms with Crippen molar-refractivity contribution in [2.75, 3.05) is 12.4 Å². The Balaban J connectivity index is 2.56. The lowest BCUT2D eigenvalue weighted by Crippen LogP contribution is -2.20. The van der Waals surface area contributed by atoms with Crippen molar-refractivity contribution < 1.29 is 4.74 Å². The highest BCUT2D eigenvalue weighted by Crippen LogP contribution is 2.23. The van der Waals surface area contributed by atoms with Crippen molar-refractivity contribution >= 4 is 5.69 Å². The van der Waals surface area contributed by atoms with E-state index in [-0.39, 0.29) is 0 Å². The Bertz CT molecular complexity index is 345. The summed E-state index contributed by atoms with van der Waals surface area (Å²) in [5.74, 6) is 0.698. The largest absolute Gasteiger partial charge is 0.480 e. The van der Waals surface area contributed by atoms with Crippen LogP contribution in [0.5, 0.6) is 5.88 Å². The van der Waals surface area contributed by atoms with Gasteiger partial charge in [0, 0.05) is 12.2 Å². The first kappa shape index (κ1) is 16.8. The molecule has 0 aliphatic heterocycles. The first-order valence-corrected chi connectivity index (χ1v) is 8.07. The van der Waals surface area contributed by atoms with Crippen molar-refractivity contribution in [2.24, 2.45) is 0 Å². The van der Waals surface area contributed by atoms with E-state index in [1.165, 1.54) is 51.4 Å². The molecular weight excluding hydrogens is 248 g/mol. The van der Waals surface area contributed by atoms with Crippen molar-refractivity contribution in [1.82, 2.24) is 4.98 Å². The second kappa shape index (κ2) is 10.5. The smallest absolute Gasteiger partial charge is 0.237 e. The third kappa shape index (κ3) is 6.27. The van der Waals surface area contributed by atoms with Gasteiger partial charge in [0.05, 0.1) is 12.8 Å². The van der Waals surface area contributed by atoms with E-state index < -0.39 is 0 Å². The summed E-state index contributed by atoms with van der Waals surface area (Å²) in [6, 6.07) is 4.55. The Kier molecular flexibility index (Phi) is 8.84. The van der Waals surface area contributed by atoms with E-state index in [2.05, 4.69) is 30.2 Å². The maximum absolute atomic E-state index is 5.32. The molecule has 0 aliphatic carbocycles. The summed E-state index contributed by atoms with van der Waals surface area (Å²) < 4.78 is 5.32. The first-order valence-electron chi connectivity index (χ1n) is 8.07. The van der Waals surface area contributed by atoms with Gasteiger partial charge in [-0.25, -0.2) is 4.98 Å². The molecule has 0 saturated carbocycles. The molecule has 0 aliphatic rings. The standard InChI is InChI=1S/C17H30N2O/c1-4-6-8-11-15(12-9-7-5-2)19-16-13-10-14-18-17(16)20-3/h10,13-15,19H,4-9,11-12H2,1-3H3. The molecule has 0 radical (unpaired) electrons. The molecule has 3 nitrogen and oxygen atoms in total. The monoisotopic (exact) mass is 278 g/mol. The molecule has 3 heteroatoms. The molecule has 0 aromatic carbocycles. The highest BCUT2D eigenvalue weighted by atomic mass is 16.5. The van der Waals surface area contributed by atoms with Gasteiger partial charge in [-0.1, -0.05) is 52.4 Å². The molecule has 1 heterocycles. The summed E-state index contributed by atoms with van der Waals surface area (Å²) in [7, 11) is 1.68. The fourth-order valence-corrected chi connectivity index (χ4v) is 2.45. The van der Waals surface area contributed by atoms with Gasteiger partial charge in [0.2, 0.25) is 5.88 Å². The lowest BCUT2D eigenvalue weighted by molar-refractivity contribution is 0.398.